The number of benzene rings is 3. The molecule has 4 aromatic rings. The number of aromatic nitrogens is 1. The lowest BCUT2D eigenvalue weighted by atomic mass is 10.00. The molecule has 124 valence electrons. The van der Waals surface area contributed by atoms with E-state index in [1.807, 2.05) is 24.3 Å². The van der Waals surface area contributed by atoms with Gasteiger partial charge in [-0.05, 0) is 35.0 Å². The minimum Gasteiger partial charge on any atom is -0.507 e. The van der Waals surface area contributed by atoms with Gasteiger partial charge in [0, 0.05) is 10.9 Å². The molecule has 2 nitrogen and oxygen atoms in total. The molecule has 0 atom stereocenters. The van der Waals surface area contributed by atoms with E-state index < -0.39 is 11.7 Å². The Morgan fingerprint density at radius 3 is 2.32 bits per heavy atom. The predicted molar refractivity (Wildman–Crippen MR) is 91.4 cm³/mol. The maximum atomic E-state index is 12.9. The monoisotopic (exact) mass is 339 g/mol. The molecule has 0 aliphatic heterocycles. The molecule has 1 heterocycles. The van der Waals surface area contributed by atoms with Gasteiger partial charge in [-0.3, -0.25) is 0 Å². The topological polar surface area (TPSA) is 33.1 Å². The number of fused-ring (bicyclic) bond motifs is 2. The van der Waals surface area contributed by atoms with Crippen molar-refractivity contribution in [1.29, 1.82) is 0 Å². The smallest absolute Gasteiger partial charge is 0.416 e. The zero-order valence-corrected chi connectivity index (χ0v) is 12.9. The molecule has 0 spiro atoms. The lowest BCUT2D eigenvalue weighted by Gasteiger charge is -2.11. The molecule has 5 heteroatoms. The van der Waals surface area contributed by atoms with Gasteiger partial charge in [0.25, 0.3) is 0 Å². The largest absolute Gasteiger partial charge is 0.507 e. The Kier molecular flexibility index (Phi) is 3.39. The molecule has 0 aliphatic rings. The summed E-state index contributed by atoms with van der Waals surface area (Å²) in [6, 6.07) is 17.7. The second kappa shape index (κ2) is 5.48. The first-order valence-corrected chi connectivity index (χ1v) is 7.62. The van der Waals surface area contributed by atoms with Crippen LogP contribution in [-0.4, -0.2) is 10.1 Å². The summed E-state index contributed by atoms with van der Waals surface area (Å²) in [5, 5.41) is 12.6. The van der Waals surface area contributed by atoms with Crippen molar-refractivity contribution in [1.82, 2.24) is 4.98 Å². The van der Waals surface area contributed by atoms with Crippen LogP contribution in [0.3, 0.4) is 0 Å². The molecule has 0 unspecified atom stereocenters. The molecule has 1 aromatic heterocycles. The van der Waals surface area contributed by atoms with E-state index in [9.17, 15) is 18.3 Å². The summed E-state index contributed by atoms with van der Waals surface area (Å²) >= 11 is 0. The van der Waals surface area contributed by atoms with E-state index in [1.165, 1.54) is 6.07 Å². The van der Waals surface area contributed by atoms with E-state index in [2.05, 4.69) is 4.98 Å². The number of hydrogen-bond donors (Lipinski definition) is 1. The number of rotatable bonds is 1. The van der Waals surface area contributed by atoms with Gasteiger partial charge in [-0.2, -0.15) is 13.2 Å². The SMILES string of the molecule is Oc1ccc2ccccc2c1-c1ccc2ccc(C(F)(F)F)cc2n1. The minimum absolute atomic E-state index is 0.0394. The van der Waals surface area contributed by atoms with Crippen molar-refractivity contribution in [3.05, 3.63) is 72.3 Å². The van der Waals surface area contributed by atoms with Crippen molar-refractivity contribution >= 4 is 21.7 Å². The van der Waals surface area contributed by atoms with Crippen molar-refractivity contribution < 1.29 is 18.3 Å². The molecular weight excluding hydrogens is 327 g/mol. The van der Waals surface area contributed by atoms with E-state index in [0.717, 1.165) is 22.9 Å². The van der Waals surface area contributed by atoms with Crippen molar-refractivity contribution in [2.75, 3.05) is 0 Å². The minimum atomic E-state index is -4.42. The average molecular weight is 339 g/mol. The van der Waals surface area contributed by atoms with Gasteiger partial charge in [-0.25, -0.2) is 4.98 Å². The Bertz CT molecular complexity index is 1100. The number of phenols is 1. The molecule has 0 bridgehead atoms. The summed E-state index contributed by atoms with van der Waals surface area (Å²) in [6.45, 7) is 0. The van der Waals surface area contributed by atoms with Gasteiger partial charge >= 0.3 is 6.18 Å². The fourth-order valence-electron chi connectivity index (χ4n) is 2.96. The highest BCUT2D eigenvalue weighted by Crippen LogP contribution is 2.37. The quantitative estimate of drug-likeness (QED) is 0.477. The fraction of sp³-hybridized carbons (Fsp3) is 0.0500. The summed E-state index contributed by atoms with van der Waals surface area (Å²) < 4.78 is 38.8. The first-order chi connectivity index (χ1) is 11.9. The van der Waals surface area contributed by atoms with E-state index >= 15 is 0 Å². The summed E-state index contributed by atoms with van der Waals surface area (Å²) in [4.78, 5) is 4.37. The zero-order chi connectivity index (χ0) is 17.6. The molecule has 0 saturated carbocycles. The first-order valence-electron chi connectivity index (χ1n) is 7.62. The zero-order valence-electron chi connectivity index (χ0n) is 12.9. The van der Waals surface area contributed by atoms with Crippen LogP contribution in [0.5, 0.6) is 5.75 Å². The molecule has 0 aliphatic carbocycles. The standard InChI is InChI=1S/C20H12F3NO/c21-20(22,23)14-8-5-13-6-9-16(24-17(13)11-14)19-15-4-2-1-3-12(15)7-10-18(19)25/h1-11,25H. The second-order valence-electron chi connectivity index (χ2n) is 5.78. The molecule has 0 saturated heterocycles. The Balaban J connectivity index is 1.97. The van der Waals surface area contributed by atoms with Crippen LogP contribution in [0.2, 0.25) is 0 Å². The number of halogens is 3. The van der Waals surface area contributed by atoms with E-state index in [1.54, 1.807) is 24.3 Å². The summed E-state index contributed by atoms with van der Waals surface area (Å²) in [5.41, 5.74) is 0.435. The number of aromatic hydroxyl groups is 1. The number of hydrogen-bond acceptors (Lipinski definition) is 2. The molecule has 25 heavy (non-hydrogen) atoms. The van der Waals surface area contributed by atoms with Gasteiger partial charge in [-0.15, -0.1) is 0 Å². The van der Waals surface area contributed by atoms with Crippen LogP contribution in [0.1, 0.15) is 5.56 Å². The van der Waals surface area contributed by atoms with Crippen molar-refractivity contribution in [3.63, 3.8) is 0 Å². The summed E-state index contributed by atoms with van der Waals surface area (Å²) in [6.07, 6.45) is -4.42. The lowest BCUT2D eigenvalue weighted by Crippen LogP contribution is -2.04. The molecular formula is C20H12F3NO. The molecule has 4 rings (SSSR count). The van der Waals surface area contributed by atoms with Gasteiger partial charge in [-0.1, -0.05) is 42.5 Å². The van der Waals surface area contributed by atoms with Gasteiger partial charge in [0.1, 0.15) is 5.75 Å². The molecule has 3 aromatic carbocycles. The van der Waals surface area contributed by atoms with Gasteiger partial charge in [0.2, 0.25) is 0 Å². The highest BCUT2D eigenvalue weighted by atomic mass is 19.4. The van der Waals surface area contributed by atoms with Crippen LogP contribution in [0, 0.1) is 0 Å². The Hall–Kier alpha value is -3.08. The van der Waals surface area contributed by atoms with Crippen molar-refractivity contribution in [2.24, 2.45) is 0 Å². The third kappa shape index (κ3) is 2.67. The number of pyridine rings is 1. The average Bonchev–Trinajstić information content (AvgIpc) is 2.60. The maximum absolute atomic E-state index is 12.9. The van der Waals surface area contributed by atoms with Gasteiger partial charge in [0.05, 0.1) is 16.8 Å². The third-order valence-corrected chi connectivity index (χ3v) is 4.18. The molecule has 0 fully saturated rings. The highest BCUT2D eigenvalue weighted by molar-refractivity contribution is 5.99. The Morgan fingerprint density at radius 1 is 0.800 bits per heavy atom. The number of alkyl halides is 3. The Morgan fingerprint density at radius 2 is 1.52 bits per heavy atom. The number of phenolic OH excluding ortho intramolecular Hbond substituents is 1. The maximum Gasteiger partial charge on any atom is 0.416 e. The van der Waals surface area contributed by atoms with E-state index in [4.69, 9.17) is 0 Å². The van der Waals surface area contributed by atoms with Gasteiger partial charge in [0.15, 0.2) is 0 Å². The molecule has 0 radical (unpaired) electrons. The predicted octanol–water partition coefficient (Wildman–Crippen LogP) is 5.78. The molecule has 0 amide bonds. The summed E-state index contributed by atoms with van der Waals surface area (Å²) in [7, 11) is 0. The second-order valence-corrected chi connectivity index (χ2v) is 5.78. The van der Waals surface area contributed by atoms with Crippen LogP contribution >= 0.6 is 0 Å². The van der Waals surface area contributed by atoms with Crippen LogP contribution in [0.4, 0.5) is 13.2 Å². The fourth-order valence-corrected chi connectivity index (χ4v) is 2.96. The van der Waals surface area contributed by atoms with Crippen molar-refractivity contribution in [2.45, 2.75) is 6.18 Å². The van der Waals surface area contributed by atoms with Crippen molar-refractivity contribution in [3.8, 4) is 17.0 Å². The highest BCUT2D eigenvalue weighted by Gasteiger charge is 2.30. The normalized spacial score (nSPS) is 12.0. The summed E-state index contributed by atoms with van der Waals surface area (Å²) in [5.74, 6) is 0.0394. The van der Waals surface area contributed by atoms with Gasteiger partial charge < -0.3 is 5.11 Å². The Labute approximate surface area is 141 Å². The number of nitrogens with zero attached hydrogens (tertiary/aromatic N) is 1. The van der Waals surface area contributed by atoms with Crippen LogP contribution in [0.15, 0.2) is 66.7 Å². The third-order valence-electron chi connectivity index (χ3n) is 4.18. The van der Waals surface area contributed by atoms with E-state index in [-0.39, 0.29) is 11.3 Å². The molecule has 1 N–H and O–H groups in total. The van der Waals surface area contributed by atoms with Crippen LogP contribution < -0.4 is 0 Å². The van der Waals surface area contributed by atoms with E-state index in [0.29, 0.717) is 16.6 Å². The van der Waals surface area contributed by atoms with Crippen LogP contribution in [-0.2, 0) is 6.18 Å². The first kappa shape index (κ1) is 15.4. The lowest BCUT2D eigenvalue weighted by molar-refractivity contribution is -0.137. The van der Waals surface area contributed by atoms with Crippen LogP contribution in [0.25, 0.3) is 32.9 Å².